The van der Waals surface area contributed by atoms with Crippen LogP contribution in [0.25, 0.3) is 21.3 Å². The number of nitrogens with two attached hydrogens (primary N) is 1. The maximum atomic E-state index is 14.6. The normalized spacial score (nSPS) is 21.1. The van der Waals surface area contributed by atoms with Gasteiger partial charge in [-0.2, -0.15) is 0 Å². The monoisotopic (exact) mass is 1140 g/mol. The predicted octanol–water partition coefficient (Wildman–Crippen LogP) is 7.13. The van der Waals surface area contributed by atoms with Gasteiger partial charge in [-0.3, -0.25) is 38.4 Å². The van der Waals surface area contributed by atoms with Crippen LogP contribution in [0.2, 0.25) is 0 Å². The molecule has 7 rings (SSSR count). The Hall–Kier alpha value is -6.92. The molecule has 430 valence electrons. The molecule has 1 unspecified atom stereocenters. The summed E-state index contributed by atoms with van der Waals surface area (Å²) in [6, 6.07) is 17.0. The number of H-pyrrole nitrogens is 1. The molecule has 1 saturated carbocycles. The number of aromatic nitrogens is 3. The van der Waals surface area contributed by atoms with Crippen LogP contribution in [0.15, 0.2) is 87.6 Å². The van der Waals surface area contributed by atoms with Crippen LogP contribution < -0.4 is 22.3 Å². The standard InChI is InChI=1S/C55H69N9O14S2/c1-33-29-64(52(70)60-49(33)67)48-28-42(61-62-57)46(76-48)32-75-53(71)73-20-22-79-80-23-21-74-54(72)77-45(31-63-30-37-16-9-8-15-36(37)25-43(63)51(69)78-55(2,3)4)38(24-34-12-6-5-7-13-34)26-44(65)41(27-47(56)66)59-50(68)40-19-18-35-14-10-11-17-39(35)58-40/h5-7,10-14,17-19,29,36-38,41-43,45-46,48H,8-9,15-16,20-28,30-32H2,1-4H3,(H2,56,66)(H,59,68)(H,60,67,70)/t36-,37+,38+,41?,42-,43-,45+,46+,48+/m0/s1. The number of pyridine rings is 1. The molecule has 2 aromatic carbocycles. The summed E-state index contributed by atoms with van der Waals surface area (Å²) >= 11 is 0. The van der Waals surface area contributed by atoms with E-state index < -0.39 is 102 Å². The maximum Gasteiger partial charge on any atom is 0.508 e. The summed E-state index contributed by atoms with van der Waals surface area (Å²) in [6.45, 7) is 7.05. The van der Waals surface area contributed by atoms with E-state index in [-0.39, 0.29) is 62.8 Å². The number of likely N-dealkylation sites (tertiary alicyclic amines) is 1. The van der Waals surface area contributed by atoms with E-state index in [4.69, 9.17) is 39.7 Å². The topological polar surface area (TPSA) is 316 Å². The first-order valence-electron chi connectivity index (χ1n) is 26.7. The van der Waals surface area contributed by atoms with Crippen LogP contribution in [-0.2, 0) is 49.2 Å². The minimum Gasteiger partial charge on any atom is -0.459 e. The number of nitrogens with zero attached hydrogens (tertiary/aromatic N) is 6. The highest BCUT2D eigenvalue weighted by molar-refractivity contribution is 8.76. The summed E-state index contributed by atoms with van der Waals surface area (Å²) in [5, 5.41) is 7.23. The summed E-state index contributed by atoms with van der Waals surface area (Å²) < 4.78 is 35.4. The highest BCUT2D eigenvalue weighted by Gasteiger charge is 2.44. The molecule has 25 heteroatoms. The van der Waals surface area contributed by atoms with Crippen molar-refractivity contribution in [3.63, 3.8) is 0 Å². The van der Waals surface area contributed by atoms with Gasteiger partial charge in [0.1, 0.15) is 55.6 Å². The lowest BCUT2D eigenvalue weighted by Crippen LogP contribution is -2.56. The van der Waals surface area contributed by atoms with E-state index in [1.54, 1.807) is 18.2 Å². The lowest BCUT2D eigenvalue weighted by Gasteiger charge is -2.46. The van der Waals surface area contributed by atoms with Crippen molar-refractivity contribution in [3.05, 3.63) is 121 Å². The number of para-hydroxylation sites is 1. The Bertz CT molecular complexity index is 2990. The van der Waals surface area contributed by atoms with Crippen LogP contribution in [0.1, 0.15) is 100.0 Å². The second kappa shape index (κ2) is 29.0. The van der Waals surface area contributed by atoms with Gasteiger partial charge in [0, 0.05) is 65.4 Å². The van der Waals surface area contributed by atoms with Gasteiger partial charge in [0.05, 0.1) is 24.0 Å². The van der Waals surface area contributed by atoms with Gasteiger partial charge in [-0.1, -0.05) is 101 Å². The Balaban J connectivity index is 0.990. The number of ketones is 1. The first-order valence-corrected chi connectivity index (χ1v) is 29.2. The second-order valence-corrected chi connectivity index (χ2v) is 23.9. The zero-order valence-corrected chi connectivity index (χ0v) is 46.9. The van der Waals surface area contributed by atoms with Crippen LogP contribution >= 0.6 is 21.6 Å². The van der Waals surface area contributed by atoms with Crippen LogP contribution in [0.4, 0.5) is 9.59 Å². The molecule has 23 nitrogen and oxygen atoms in total. The van der Waals surface area contributed by atoms with Crippen molar-refractivity contribution in [1.29, 1.82) is 0 Å². The summed E-state index contributed by atoms with van der Waals surface area (Å²) in [5.74, 6) is -1.99. The van der Waals surface area contributed by atoms with Crippen LogP contribution in [0.3, 0.4) is 0 Å². The van der Waals surface area contributed by atoms with Crippen molar-refractivity contribution in [2.75, 3.05) is 44.4 Å². The summed E-state index contributed by atoms with van der Waals surface area (Å²) in [5.41, 5.74) is 14.4. The quantitative estimate of drug-likeness (QED) is 0.0113. The predicted molar refractivity (Wildman–Crippen MR) is 297 cm³/mol. The minimum atomic E-state index is -1.36. The number of aryl methyl sites for hydroxylation is 1. The van der Waals surface area contributed by atoms with Crippen molar-refractivity contribution >= 4 is 68.4 Å². The fraction of sp³-hybridized carbons (Fsp3) is 0.545. The summed E-state index contributed by atoms with van der Waals surface area (Å²) in [7, 11) is 2.67. The molecule has 2 aromatic heterocycles. The summed E-state index contributed by atoms with van der Waals surface area (Å²) in [6.07, 6.45) is 0.643. The second-order valence-electron chi connectivity index (χ2n) is 21.2. The lowest BCUT2D eigenvalue weighted by molar-refractivity contribution is -0.166. The largest absolute Gasteiger partial charge is 0.508 e. The van der Waals surface area contributed by atoms with Gasteiger partial charge in [-0.15, -0.1) is 0 Å². The Kier molecular flexibility index (Phi) is 22.0. The number of rotatable bonds is 25. The van der Waals surface area contributed by atoms with Crippen molar-refractivity contribution in [2.24, 2.45) is 28.6 Å². The van der Waals surface area contributed by atoms with E-state index in [1.165, 1.54) is 45.3 Å². The lowest BCUT2D eigenvalue weighted by atomic mass is 9.72. The molecule has 4 N–H and O–H groups in total. The van der Waals surface area contributed by atoms with E-state index in [1.807, 2.05) is 68.1 Å². The fourth-order valence-electron chi connectivity index (χ4n) is 10.4. The first-order chi connectivity index (χ1) is 38.3. The van der Waals surface area contributed by atoms with Crippen LogP contribution in [-0.4, -0.2) is 136 Å². The third-order valence-corrected chi connectivity index (χ3v) is 16.5. The molecule has 2 saturated heterocycles. The molecule has 9 atom stereocenters. The number of esters is 1. The number of piperidine rings is 1. The molecule has 3 aliphatic rings. The molecular formula is C55H69N9O14S2. The van der Waals surface area contributed by atoms with Crippen molar-refractivity contribution in [3.8, 4) is 0 Å². The molecule has 3 fully saturated rings. The average molecular weight is 1140 g/mol. The Labute approximate surface area is 470 Å². The third-order valence-electron chi connectivity index (χ3n) is 14.2. The minimum absolute atomic E-state index is 0.0340. The number of hydrogen-bond donors (Lipinski definition) is 3. The van der Waals surface area contributed by atoms with Gasteiger partial charge in [0.15, 0.2) is 5.78 Å². The number of benzene rings is 2. The number of hydrogen-bond acceptors (Lipinski definition) is 19. The third kappa shape index (κ3) is 17.8. The van der Waals surface area contributed by atoms with Crippen molar-refractivity contribution < 1.29 is 57.2 Å². The Morgan fingerprint density at radius 3 is 2.33 bits per heavy atom. The number of carbonyl (C=O) groups excluding carboxylic acids is 6. The van der Waals surface area contributed by atoms with Crippen LogP contribution in [0.5, 0.6) is 0 Å². The highest BCUT2D eigenvalue weighted by Crippen LogP contribution is 2.40. The van der Waals surface area contributed by atoms with E-state index in [0.29, 0.717) is 35.9 Å². The Morgan fingerprint density at radius 2 is 1.61 bits per heavy atom. The molecule has 2 amide bonds. The molecule has 0 bridgehead atoms. The number of fused-ring (bicyclic) bond motifs is 2. The number of azide groups is 1. The number of carbonyl (C=O) groups is 6. The molecule has 80 heavy (non-hydrogen) atoms. The average Bonchev–Trinajstić information content (AvgIpc) is 3.85. The van der Waals surface area contributed by atoms with Gasteiger partial charge in [-0.05, 0) is 82.0 Å². The summed E-state index contributed by atoms with van der Waals surface area (Å²) in [4.78, 5) is 117. The maximum absolute atomic E-state index is 14.6. The molecule has 0 radical (unpaired) electrons. The van der Waals surface area contributed by atoms with E-state index in [9.17, 15) is 38.4 Å². The first kappa shape index (κ1) is 60.7. The number of Topliss-reactive ketones (excluding diaryl/α,β-unsaturated/α-hetero) is 1. The molecule has 2 aliphatic heterocycles. The van der Waals surface area contributed by atoms with E-state index in [2.05, 4.69) is 25.3 Å². The van der Waals surface area contributed by atoms with Gasteiger partial charge in [-0.25, -0.2) is 19.4 Å². The molecule has 0 spiro atoms. The molecule has 1 aliphatic carbocycles. The number of ether oxygens (including phenoxy) is 6. The van der Waals surface area contributed by atoms with E-state index in [0.717, 1.165) is 36.6 Å². The van der Waals surface area contributed by atoms with Gasteiger partial charge in [0.2, 0.25) is 5.91 Å². The molecule has 4 heterocycles. The highest BCUT2D eigenvalue weighted by atomic mass is 33.1. The van der Waals surface area contributed by atoms with Gasteiger partial charge >= 0.3 is 24.0 Å². The molecule has 4 aromatic rings. The Morgan fingerprint density at radius 1 is 0.912 bits per heavy atom. The smallest absolute Gasteiger partial charge is 0.459 e. The number of nitrogens with one attached hydrogen (secondary N) is 2. The fourth-order valence-corrected chi connectivity index (χ4v) is 12.0. The number of primary amides is 1. The van der Waals surface area contributed by atoms with E-state index >= 15 is 0 Å². The number of aromatic amines is 1. The number of amides is 2. The van der Waals surface area contributed by atoms with Crippen molar-refractivity contribution in [2.45, 2.75) is 128 Å². The van der Waals surface area contributed by atoms with Gasteiger partial charge < -0.3 is 39.5 Å². The van der Waals surface area contributed by atoms with Crippen LogP contribution in [0, 0.1) is 24.7 Å². The SMILES string of the molecule is Cc1cn([C@H]2C[C@H](N=[N+]=[N-])[C@@H](COC(=O)OCCSSCCOC(=O)O[C@H](CN3C[C@H]4CCCC[C@H]4C[C@H]3C(=O)OC(C)(C)C)[C@@H](CC(=O)C(CC(N)=O)NC(=O)c3ccc4ccccc4n3)Cc3ccccc3)O2)c(=O)[nH]c1=O. The molecular weight excluding hydrogens is 1070 g/mol. The van der Waals surface area contributed by atoms with Crippen molar-refractivity contribution in [1.82, 2.24) is 24.8 Å². The zero-order valence-electron chi connectivity index (χ0n) is 45.2. The van der Waals surface area contributed by atoms with Gasteiger partial charge in [0.25, 0.3) is 11.5 Å². The zero-order chi connectivity index (χ0) is 57.3.